The van der Waals surface area contributed by atoms with E-state index < -0.39 is 5.97 Å². The summed E-state index contributed by atoms with van der Waals surface area (Å²) in [5.41, 5.74) is 5.59. The van der Waals surface area contributed by atoms with E-state index >= 15 is 0 Å². The molecule has 0 aliphatic heterocycles. The number of rotatable bonds is 1. The van der Waals surface area contributed by atoms with E-state index in [-0.39, 0.29) is 11.5 Å². The first-order valence-electron chi connectivity index (χ1n) is 4.03. The van der Waals surface area contributed by atoms with Crippen LogP contribution in [0.3, 0.4) is 0 Å². The number of hydrogen-bond donors (Lipinski definition) is 2. The Balaban J connectivity index is 2.53. The van der Waals surface area contributed by atoms with Gasteiger partial charge in [0.25, 0.3) is 0 Å². The first-order valence-corrected chi connectivity index (χ1v) is 4.03. The van der Waals surface area contributed by atoms with Gasteiger partial charge in [-0.15, -0.1) is 0 Å². The lowest BCUT2D eigenvalue weighted by molar-refractivity contribution is -0.143. The molecule has 0 aromatic rings. The Morgan fingerprint density at radius 2 is 2.36 bits per heavy atom. The van der Waals surface area contributed by atoms with Crippen LogP contribution in [0.15, 0.2) is 0 Å². The Bertz CT molecular complexity index is 165. The second-order valence-electron chi connectivity index (χ2n) is 3.79. The smallest absolute Gasteiger partial charge is 0.306 e. The summed E-state index contributed by atoms with van der Waals surface area (Å²) < 4.78 is 0. The third kappa shape index (κ3) is 2.19. The molecule has 0 heterocycles. The summed E-state index contributed by atoms with van der Waals surface area (Å²) in [6.45, 7) is 1.93. The third-order valence-corrected chi connectivity index (χ3v) is 2.36. The van der Waals surface area contributed by atoms with Crippen LogP contribution in [0, 0.1) is 5.92 Å². The molecule has 0 radical (unpaired) electrons. The summed E-state index contributed by atoms with van der Waals surface area (Å²) in [5, 5.41) is 8.71. The van der Waals surface area contributed by atoms with Crippen LogP contribution >= 0.6 is 0 Å². The van der Waals surface area contributed by atoms with Crippen molar-refractivity contribution in [3.05, 3.63) is 0 Å². The van der Waals surface area contributed by atoms with Crippen molar-refractivity contribution in [3.63, 3.8) is 0 Å². The summed E-state index contributed by atoms with van der Waals surface area (Å²) in [4.78, 5) is 10.6. The zero-order chi connectivity index (χ0) is 8.48. The van der Waals surface area contributed by atoms with Gasteiger partial charge in [-0.1, -0.05) is 6.42 Å². The Labute approximate surface area is 66.6 Å². The quantitative estimate of drug-likeness (QED) is 0.596. The number of aliphatic carboxylic acids is 1. The van der Waals surface area contributed by atoms with Gasteiger partial charge < -0.3 is 10.8 Å². The largest absolute Gasteiger partial charge is 0.481 e. The molecule has 3 N–H and O–H groups in total. The molecule has 64 valence electrons. The molecule has 0 spiro atoms. The summed E-state index contributed by atoms with van der Waals surface area (Å²) in [6, 6.07) is 0. The molecular weight excluding hydrogens is 142 g/mol. The monoisotopic (exact) mass is 157 g/mol. The lowest BCUT2D eigenvalue weighted by atomic mass is 9.78. The lowest BCUT2D eigenvalue weighted by Crippen LogP contribution is -2.42. The maximum atomic E-state index is 10.6. The topological polar surface area (TPSA) is 63.3 Å². The lowest BCUT2D eigenvalue weighted by Gasteiger charge is -2.32. The minimum atomic E-state index is -0.693. The van der Waals surface area contributed by atoms with Crippen LogP contribution in [-0.4, -0.2) is 16.6 Å². The van der Waals surface area contributed by atoms with Crippen molar-refractivity contribution in [3.8, 4) is 0 Å². The van der Waals surface area contributed by atoms with E-state index in [2.05, 4.69) is 0 Å². The highest BCUT2D eigenvalue weighted by atomic mass is 16.4. The van der Waals surface area contributed by atoms with Crippen molar-refractivity contribution in [1.29, 1.82) is 0 Å². The molecule has 1 rings (SSSR count). The van der Waals surface area contributed by atoms with Gasteiger partial charge in [0.1, 0.15) is 0 Å². The highest BCUT2D eigenvalue weighted by molar-refractivity contribution is 5.70. The van der Waals surface area contributed by atoms with Crippen LogP contribution in [0.5, 0.6) is 0 Å². The molecule has 3 nitrogen and oxygen atoms in total. The van der Waals surface area contributed by atoms with E-state index in [0.717, 1.165) is 19.3 Å². The predicted molar refractivity (Wildman–Crippen MR) is 42.2 cm³/mol. The van der Waals surface area contributed by atoms with Crippen molar-refractivity contribution in [2.45, 2.75) is 38.1 Å². The van der Waals surface area contributed by atoms with Gasteiger partial charge >= 0.3 is 5.97 Å². The summed E-state index contributed by atoms with van der Waals surface area (Å²) in [6.07, 6.45) is 3.32. The van der Waals surface area contributed by atoms with Gasteiger partial charge in [-0.3, -0.25) is 4.79 Å². The first-order chi connectivity index (χ1) is 5.01. The number of hydrogen-bond acceptors (Lipinski definition) is 2. The SMILES string of the molecule is CC1(N)CCCC(C(=O)O)C1. The Morgan fingerprint density at radius 3 is 2.73 bits per heavy atom. The molecule has 1 aliphatic carbocycles. The maximum Gasteiger partial charge on any atom is 0.306 e. The van der Waals surface area contributed by atoms with Gasteiger partial charge in [-0.25, -0.2) is 0 Å². The molecule has 3 heteroatoms. The Morgan fingerprint density at radius 1 is 1.73 bits per heavy atom. The minimum absolute atomic E-state index is 0.209. The first kappa shape index (κ1) is 8.53. The zero-order valence-corrected chi connectivity index (χ0v) is 6.84. The average Bonchev–Trinajstić information content (AvgIpc) is 1.85. The maximum absolute atomic E-state index is 10.6. The highest BCUT2D eigenvalue weighted by Gasteiger charge is 2.31. The van der Waals surface area contributed by atoms with Crippen LogP contribution in [0.4, 0.5) is 0 Å². The van der Waals surface area contributed by atoms with Crippen molar-refractivity contribution >= 4 is 5.97 Å². The number of carboxylic acids is 1. The molecule has 0 aromatic heterocycles. The fraction of sp³-hybridized carbons (Fsp3) is 0.875. The molecular formula is C8H15NO2. The second-order valence-corrected chi connectivity index (χ2v) is 3.79. The van der Waals surface area contributed by atoms with Gasteiger partial charge in [0.05, 0.1) is 5.92 Å². The van der Waals surface area contributed by atoms with E-state index in [1.807, 2.05) is 6.92 Å². The normalized spacial score (nSPS) is 38.5. The van der Waals surface area contributed by atoms with Crippen LogP contribution in [0.1, 0.15) is 32.6 Å². The van der Waals surface area contributed by atoms with Crippen molar-refractivity contribution in [2.24, 2.45) is 11.7 Å². The van der Waals surface area contributed by atoms with E-state index in [9.17, 15) is 4.79 Å². The van der Waals surface area contributed by atoms with Crippen LogP contribution in [0.25, 0.3) is 0 Å². The highest BCUT2D eigenvalue weighted by Crippen LogP contribution is 2.30. The Hall–Kier alpha value is -0.570. The zero-order valence-electron chi connectivity index (χ0n) is 6.84. The van der Waals surface area contributed by atoms with E-state index in [4.69, 9.17) is 10.8 Å². The number of nitrogens with two attached hydrogens (primary N) is 1. The number of carbonyl (C=O) groups is 1. The van der Waals surface area contributed by atoms with Gasteiger partial charge in [-0.2, -0.15) is 0 Å². The predicted octanol–water partition coefficient (Wildman–Crippen LogP) is 0.979. The standard InChI is InChI=1S/C8H15NO2/c1-8(9)4-2-3-6(5-8)7(10)11/h6H,2-5,9H2,1H3,(H,10,11). The van der Waals surface area contributed by atoms with Crippen molar-refractivity contribution in [2.75, 3.05) is 0 Å². The van der Waals surface area contributed by atoms with Crippen LogP contribution in [0.2, 0.25) is 0 Å². The third-order valence-electron chi connectivity index (χ3n) is 2.36. The fourth-order valence-electron chi connectivity index (χ4n) is 1.73. The molecule has 0 saturated heterocycles. The van der Waals surface area contributed by atoms with Crippen molar-refractivity contribution in [1.82, 2.24) is 0 Å². The van der Waals surface area contributed by atoms with Gasteiger partial charge in [0, 0.05) is 5.54 Å². The summed E-state index contributed by atoms with van der Waals surface area (Å²) in [7, 11) is 0. The number of carboxylic acid groups (broad SMARTS) is 1. The second kappa shape index (κ2) is 2.81. The minimum Gasteiger partial charge on any atom is -0.481 e. The van der Waals surface area contributed by atoms with Gasteiger partial charge in [0.2, 0.25) is 0 Å². The van der Waals surface area contributed by atoms with E-state index in [1.54, 1.807) is 0 Å². The molecule has 2 unspecified atom stereocenters. The average molecular weight is 157 g/mol. The molecule has 1 fully saturated rings. The molecule has 1 saturated carbocycles. The summed E-state index contributed by atoms with van der Waals surface area (Å²) >= 11 is 0. The van der Waals surface area contributed by atoms with Crippen LogP contribution in [-0.2, 0) is 4.79 Å². The molecule has 1 aliphatic rings. The molecule has 11 heavy (non-hydrogen) atoms. The fourth-order valence-corrected chi connectivity index (χ4v) is 1.73. The van der Waals surface area contributed by atoms with Crippen molar-refractivity contribution < 1.29 is 9.90 Å². The molecule has 0 aromatic carbocycles. The molecule has 0 amide bonds. The molecule has 0 bridgehead atoms. The molecule has 2 atom stereocenters. The van der Waals surface area contributed by atoms with Gasteiger partial charge in [0.15, 0.2) is 0 Å². The van der Waals surface area contributed by atoms with Crippen LogP contribution < -0.4 is 5.73 Å². The summed E-state index contributed by atoms with van der Waals surface area (Å²) in [5.74, 6) is -0.903. The van der Waals surface area contributed by atoms with Gasteiger partial charge in [-0.05, 0) is 26.2 Å². The van der Waals surface area contributed by atoms with E-state index in [0.29, 0.717) is 6.42 Å². The van der Waals surface area contributed by atoms with E-state index in [1.165, 1.54) is 0 Å². The Kier molecular flexibility index (Phi) is 2.18.